The SMILES string of the molecule is Cc1nn(C)c2n[nH]c(NC(=O)Cc3ccccc3F)c12. The summed E-state index contributed by atoms with van der Waals surface area (Å²) in [4.78, 5) is 12.0. The molecule has 0 saturated heterocycles. The van der Waals surface area contributed by atoms with Crippen LogP contribution in [-0.2, 0) is 18.3 Å². The van der Waals surface area contributed by atoms with E-state index >= 15 is 0 Å². The molecule has 1 aromatic carbocycles. The summed E-state index contributed by atoms with van der Waals surface area (Å²) in [6.45, 7) is 1.84. The number of H-pyrrole nitrogens is 1. The Morgan fingerprint density at radius 2 is 2.19 bits per heavy atom. The molecule has 3 rings (SSSR count). The molecular formula is C14H14FN5O. The zero-order chi connectivity index (χ0) is 15.0. The van der Waals surface area contributed by atoms with Gasteiger partial charge in [-0.2, -0.15) is 10.2 Å². The Labute approximate surface area is 120 Å². The maximum absolute atomic E-state index is 13.5. The second kappa shape index (κ2) is 5.01. The van der Waals surface area contributed by atoms with Crippen molar-refractivity contribution in [2.75, 3.05) is 5.32 Å². The predicted molar refractivity (Wildman–Crippen MR) is 76.3 cm³/mol. The van der Waals surface area contributed by atoms with Crippen LogP contribution in [0.15, 0.2) is 24.3 Å². The van der Waals surface area contributed by atoms with Crippen LogP contribution in [0.2, 0.25) is 0 Å². The van der Waals surface area contributed by atoms with E-state index in [2.05, 4.69) is 20.6 Å². The molecule has 3 aromatic rings. The summed E-state index contributed by atoms with van der Waals surface area (Å²) in [6.07, 6.45) is -0.0352. The van der Waals surface area contributed by atoms with Gasteiger partial charge in [0.2, 0.25) is 5.91 Å². The standard InChI is InChI=1S/C14H14FN5O/c1-8-12-13(17-18-14(12)20(2)19-8)16-11(21)7-9-5-3-4-6-10(9)15/h3-6H,7H2,1-2H3,(H2,16,17,18,21). The van der Waals surface area contributed by atoms with Gasteiger partial charge in [-0.1, -0.05) is 18.2 Å². The molecule has 6 nitrogen and oxygen atoms in total. The summed E-state index contributed by atoms with van der Waals surface area (Å²) in [5.74, 6) is -0.217. The minimum Gasteiger partial charge on any atom is -0.310 e. The van der Waals surface area contributed by atoms with E-state index < -0.39 is 0 Å². The van der Waals surface area contributed by atoms with Crippen molar-refractivity contribution in [2.45, 2.75) is 13.3 Å². The third kappa shape index (κ3) is 2.37. The van der Waals surface area contributed by atoms with Crippen molar-refractivity contribution in [2.24, 2.45) is 7.05 Å². The van der Waals surface area contributed by atoms with Gasteiger partial charge in [0.05, 0.1) is 17.5 Å². The van der Waals surface area contributed by atoms with Crippen LogP contribution in [0.4, 0.5) is 10.2 Å². The van der Waals surface area contributed by atoms with Gasteiger partial charge in [0.15, 0.2) is 5.65 Å². The van der Waals surface area contributed by atoms with E-state index in [4.69, 9.17) is 0 Å². The highest BCUT2D eigenvalue weighted by Crippen LogP contribution is 2.23. The molecule has 0 unspecified atom stereocenters. The van der Waals surface area contributed by atoms with E-state index in [1.165, 1.54) is 6.07 Å². The number of aromatic amines is 1. The van der Waals surface area contributed by atoms with Crippen LogP contribution in [0.5, 0.6) is 0 Å². The van der Waals surface area contributed by atoms with E-state index in [9.17, 15) is 9.18 Å². The average Bonchev–Trinajstić information content (AvgIpc) is 2.96. The quantitative estimate of drug-likeness (QED) is 0.772. The maximum Gasteiger partial charge on any atom is 0.230 e. The highest BCUT2D eigenvalue weighted by Gasteiger charge is 2.16. The van der Waals surface area contributed by atoms with E-state index in [1.807, 2.05) is 6.92 Å². The molecule has 0 fully saturated rings. The summed E-state index contributed by atoms with van der Waals surface area (Å²) in [6, 6.07) is 6.22. The minimum absolute atomic E-state index is 0.0352. The van der Waals surface area contributed by atoms with Crippen molar-refractivity contribution in [3.63, 3.8) is 0 Å². The number of anilines is 1. The lowest BCUT2D eigenvalue weighted by Crippen LogP contribution is -2.15. The number of benzene rings is 1. The predicted octanol–water partition coefficient (Wildman–Crippen LogP) is 1.93. The molecule has 0 spiro atoms. The smallest absolute Gasteiger partial charge is 0.230 e. The first-order valence-electron chi connectivity index (χ1n) is 6.47. The van der Waals surface area contributed by atoms with Crippen LogP contribution >= 0.6 is 0 Å². The number of aryl methyl sites for hydroxylation is 2. The summed E-state index contributed by atoms with van der Waals surface area (Å²) in [7, 11) is 1.78. The maximum atomic E-state index is 13.5. The Bertz CT molecular complexity index is 820. The Morgan fingerprint density at radius 1 is 1.43 bits per heavy atom. The van der Waals surface area contributed by atoms with Gasteiger partial charge in [0.1, 0.15) is 11.6 Å². The first-order valence-corrected chi connectivity index (χ1v) is 6.47. The molecule has 21 heavy (non-hydrogen) atoms. The lowest BCUT2D eigenvalue weighted by atomic mass is 10.1. The van der Waals surface area contributed by atoms with Crippen molar-refractivity contribution >= 4 is 22.8 Å². The number of hydrogen-bond donors (Lipinski definition) is 2. The van der Waals surface area contributed by atoms with Crippen LogP contribution in [0.25, 0.3) is 11.0 Å². The van der Waals surface area contributed by atoms with E-state index in [0.717, 1.165) is 11.1 Å². The third-order valence-electron chi connectivity index (χ3n) is 3.29. The monoisotopic (exact) mass is 287 g/mol. The molecule has 0 atom stereocenters. The molecule has 0 radical (unpaired) electrons. The molecule has 0 aliphatic carbocycles. The molecule has 7 heteroatoms. The van der Waals surface area contributed by atoms with Crippen LogP contribution in [0, 0.1) is 12.7 Å². The first-order chi connectivity index (χ1) is 10.1. The van der Waals surface area contributed by atoms with Gasteiger partial charge in [-0.05, 0) is 18.6 Å². The van der Waals surface area contributed by atoms with Crippen molar-refractivity contribution < 1.29 is 9.18 Å². The Balaban J connectivity index is 1.82. The zero-order valence-corrected chi connectivity index (χ0v) is 11.6. The third-order valence-corrected chi connectivity index (χ3v) is 3.29. The molecule has 1 amide bonds. The summed E-state index contributed by atoms with van der Waals surface area (Å²) < 4.78 is 15.2. The van der Waals surface area contributed by atoms with E-state index in [1.54, 1.807) is 29.9 Å². The molecule has 2 heterocycles. The van der Waals surface area contributed by atoms with Crippen molar-refractivity contribution in [3.05, 3.63) is 41.3 Å². The zero-order valence-electron chi connectivity index (χ0n) is 11.6. The number of rotatable bonds is 3. The highest BCUT2D eigenvalue weighted by atomic mass is 19.1. The molecule has 0 saturated carbocycles. The number of aromatic nitrogens is 4. The summed E-state index contributed by atoms with van der Waals surface area (Å²) >= 11 is 0. The lowest BCUT2D eigenvalue weighted by Gasteiger charge is -2.04. The summed E-state index contributed by atoms with van der Waals surface area (Å²) in [5, 5.41) is 14.6. The number of hydrogen-bond acceptors (Lipinski definition) is 3. The van der Waals surface area contributed by atoms with E-state index in [0.29, 0.717) is 17.0 Å². The fourth-order valence-corrected chi connectivity index (χ4v) is 2.32. The minimum atomic E-state index is -0.389. The lowest BCUT2D eigenvalue weighted by molar-refractivity contribution is -0.115. The number of halogens is 1. The first kappa shape index (κ1) is 13.3. The molecule has 0 aliphatic rings. The number of fused-ring (bicyclic) bond motifs is 1. The van der Waals surface area contributed by atoms with Gasteiger partial charge in [0, 0.05) is 7.05 Å². The Kier molecular flexibility index (Phi) is 3.17. The van der Waals surface area contributed by atoms with E-state index in [-0.39, 0.29) is 18.1 Å². The van der Waals surface area contributed by atoms with Gasteiger partial charge in [-0.15, -0.1) is 0 Å². The normalized spacial score (nSPS) is 11.0. The topological polar surface area (TPSA) is 75.6 Å². The number of nitrogens with one attached hydrogen (secondary N) is 2. The Hall–Kier alpha value is -2.70. The van der Waals surface area contributed by atoms with Crippen molar-refractivity contribution in [1.82, 2.24) is 20.0 Å². The van der Waals surface area contributed by atoms with Gasteiger partial charge < -0.3 is 5.32 Å². The fraction of sp³-hybridized carbons (Fsp3) is 0.214. The van der Waals surface area contributed by atoms with Gasteiger partial charge in [-0.3, -0.25) is 9.89 Å². The largest absolute Gasteiger partial charge is 0.310 e. The van der Waals surface area contributed by atoms with Gasteiger partial charge >= 0.3 is 0 Å². The molecular weight excluding hydrogens is 273 g/mol. The average molecular weight is 287 g/mol. The highest BCUT2D eigenvalue weighted by molar-refractivity contribution is 6.00. The fourth-order valence-electron chi connectivity index (χ4n) is 2.32. The molecule has 0 bridgehead atoms. The van der Waals surface area contributed by atoms with Crippen LogP contribution in [0.3, 0.4) is 0 Å². The molecule has 2 N–H and O–H groups in total. The van der Waals surface area contributed by atoms with Crippen LogP contribution < -0.4 is 5.32 Å². The van der Waals surface area contributed by atoms with Crippen molar-refractivity contribution in [3.8, 4) is 0 Å². The van der Waals surface area contributed by atoms with Gasteiger partial charge in [0.25, 0.3) is 0 Å². The Morgan fingerprint density at radius 3 is 2.95 bits per heavy atom. The number of nitrogens with zero attached hydrogens (tertiary/aromatic N) is 3. The van der Waals surface area contributed by atoms with Crippen LogP contribution in [-0.4, -0.2) is 25.9 Å². The second-order valence-electron chi connectivity index (χ2n) is 4.82. The van der Waals surface area contributed by atoms with Crippen LogP contribution in [0.1, 0.15) is 11.3 Å². The number of carbonyl (C=O) groups excluding carboxylic acids is 1. The molecule has 2 aromatic heterocycles. The number of carbonyl (C=O) groups is 1. The number of amides is 1. The molecule has 108 valence electrons. The van der Waals surface area contributed by atoms with Crippen molar-refractivity contribution in [1.29, 1.82) is 0 Å². The second-order valence-corrected chi connectivity index (χ2v) is 4.82. The molecule has 0 aliphatic heterocycles. The van der Waals surface area contributed by atoms with Gasteiger partial charge in [-0.25, -0.2) is 9.07 Å². The summed E-state index contributed by atoms with van der Waals surface area (Å²) in [5.41, 5.74) is 1.78.